The van der Waals surface area contributed by atoms with Gasteiger partial charge in [0.25, 0.3) is 0 Å². The third kappa shape index (κ3) is 3.09. The van der Waals surface area contributed by atoms with Crippen LogP contribution in [0.5, 0.6) is 0 Å². The number of aliphatic hydroxyl groups is 1. The summed E-state index contributed by atoms with van der Waals surface area (Å²) in [5, 5.41) is 9.37. The minimum atomic E-state index is -4.14. The number of piperidine rings is 1. The van der Waals surface area contributed by atoms with Gasteiger partial charge < -0.3 is 10.0 Å². The zero-order chi connectivity index (χ0) is 14.0. The van der Waals surface area contributed by atoms with Crippen LogP contribution in [0.15, 0.2) is 6.33 Å². The maximum Gasteiger partial charge on any atom is 0.391 e. The van der Waals surface area contributed by atoms with Crippen LogP contribution in [0.1, 0.15) is 18.4 Å². The molecule has 1 saturated heterocycles. The summed E-state index contributed by atoms with van der Waals surface area (Å²) in [6.07, 6.45) is -2.85. The van der Waals surface area contributed by atoms with Gasteiger partial charge in [-0.1, -0.05) is 11.6 Å². The summed E-state index contributed by atoms with van der Waals surface area (Å²) in [5.41, 5.74) is 0.356. The van der Waals surface area contributed by atoms with Crippen molar-refractivity contribution in [3.05, 3.63) is 17.0 Å². The largest absolute Gasteiger partial charge is 0.391 e. The zero-order valence-electron chi connectivity index (χ0n) is 9.99. The van der Waals surface area contributed by atoms with Crippen molar-refractivity contribution < 1.29 is 18.3 Å². The lowest BCUT2D eigenvalue weighted by Crippen LogP contribution is -2.39. The molecule has 0 bridgehead atoms. The fraction of sp³-hybridized carbons (Fsp3) is 0.636. The van der Waals surface area contributed by atoms with E-state index < -0.39 is 12.1 Å². The van der Waals surface area contributed by atoms with Crippen LogP contribution in [0, 0.1) is 5.92 Å². The van der Waals surface area contributed by atoms with Crippen molar-refractivity contribution in [3.63, 3.8) is 0 Å². The SMILES string of the molecule is OCc1c(Cl)ncnc1N1CCC(C(F)(F)F)CC1. The van der Waals surface area contributed by atoms with Gasteiger partial charge in [0.05, 0.1) is 18.1 Å². The van der Waals surface area contributed by atoms with E-state index in [1.165, 1.54) is 6.33 Å². The monoisotopic (exact) mass is 295 g/mol. The molecule has 0 aliphatic carbocycles. The van der Waals surface area contributed by atoms with Gasteiger partial charge in [-0.15, -0.1) is 0 Å². The molecular formula is C11H13ClF3N3O. The first-order valence-electron chi connectivity index (χ1n) is 5.85. The fourth-order valence-electron chi connectivity index (χ4n) is 2.21. The molecule has 0 amide bonds. The predicted octanol–water partition coefficient (Wildman–Crippen LogP) is 2.40. The maximum absolute atomic E-state index is 12.6. The molecule has 106 valence electrons. The Morgan fingerprint density at radius 1 is 1.32 bits per heavy atom. The molecule has 8 heteroatoms. The zero-order valence-corrected chi connectivity index (χ0v) is 10.7. The Hall–Kier alpha value is -1.08. The van der Waals surface area contributed by atoms with Crippen LogP contribution in [0.25, 0.3) is 0 Å². The standard InChI is InChI=1S/C11H13ClF3N3O/c12-9-8(5-19)10(17-6-16-9)18-3-1-7(2-4-18)11(13,14)15/h6-7,19H,1-5H2. The van der Waals surface area contributed by atoms with Gasteiger partial charge in [-0.05, 0) is 12.8 Å². The number of aliphatic hydroxyl groups excluding tert-OH is 1. The van der Waals surface area contributed by atoms with E-state index in [0.717, 1.165) is 0 Å². The summed E-state index contributed by atoms with van der Waals surface area (Å²) in [6, 6.07) is 0. The van der Waals surface area contributed by atoms with Crippen LogP contribution in [-0.4, -0.2) is 34.3 Å². The van der Waals surface area contributed by atoms with Gasteiger partial charge in [-0.3, -0.25) is 0 Å². The number of nitrogens with zero attached hydrogens (tertiary/aromatic N) is 3. The van der Waals surface area contributed by atoms with Gasteiger partial charge in [-0.25, -0.2) is 9.97 Å². The summed E-state index contributed by atoms with van der Waals surface area (Å²) in [7, 11) is 0. The molecule has 4 nitrogen and oxygen atoms in total. The normalized spacial score (nSPS) is 17.8. The highest BCUT2D eigenvalue weighted by atomic mass is 35.5. The average Bonchev–Trinajstić information content (AvgIpc) is 2.37. The quantitative estimate of drug-likeness (QED) is 0.851. The van der Waals surface area contributed by atoms with Crippen molar-refractivity contribution in [3.8, 4) is 0 Å². The minimum Gasteiger partial charge on any atom is -0.391 e. The number of anilines is 1. The molecule has 0 saturated carbocycles. The summed E-state index contributed by atoms with van der Waals surface area (Å²) < 4.78 is 37.7. The Morgan fingerprint density at radius 3 is 2.47 bits per heavy atom. The molecule has 19 heavy (non-hydrogen) atoms. The number of hydrogen-bond acceptors (Lipinski definition) is 4. The van der Waals surface area contributed by atoms with Gasteiger partial charge in [0.1, 0.15) is 17.3 Å². The Morgan fingerprint density at radius 2 is 1.95 bits per heavy atom. The van der Waals surface area contributed by atoms with E-state index in [4.69, 9.17) is 11.6 Å². The number of hydrogen-bond donors (Lipinski definition) is 1. The molecule has 0 radical (unpaired) electrons. The van der Waals surface area contributed by atoms with Gasteiger partial charge >= 0.3 is 6.18 Å². The van der Waals surface area contributed by atoms with Gasteiger partial charge in [0.2, 0.25) is 0 Å². The van der Waals surface area contributed by atoms with E-state index in [1.807, 2.05) is 0 Å². The summed E-state index contributed by atoms with van der Waals surface area (Å²) in [6.45, 7) is 0.142. The van der Waals surface area contributed by atoms with Crippen LogP contribution in [0.3, 0.4) is 0 Å². The maximum atomic E-state index is 12.6. The highest BCUT2D eigenvalue weighted by Gasteiger charge is 2.41. The molecule has 0 aromatic carbocycles. The van der Waals surface area contributed by atoms with E-state index in [-0.39, 0.29) is 37.7 Å². The first kappa shape index (κ1) is 14.3. The second-order valence-electron chi connectivity index (χ2n) is 4.43. The van der Waals surface area contributed by atoms with E-state index in [9.17, 15) is 18.3 Å². The lowest BCUT2D eigenvalue weighted by molar-refractivity contribution is -0.179. The Balaban J connectivity index is 2.12. The fourth-order valence-corrected chi connectivity index (χ4v) is 2.40. The van der Waals surface area contributed by atoms with E-state index in [0.29, 0.717) is 11.4 Å². The average molecular weight is 296 g/mol. The topological polar surface area (TPSA) is 49.3 Å². The Labute approximate surface area is 113 Å². The van der Waals surface area contributed by atoms with Crippen molar-refractivity contribution in [2.45, 2.75) is 25.6 Å². The number of aromatic nitrogens is 2. The number of rotatable bonds is 2. The number of alkyl halides is 3. The van der Waals surface area contributed by atoms with Gasteiger partial charge in [-0.2, -0.15) is 13.2 Å². The summed E-state index contributed by atoms with van der Waals surface area (Å²) >= 11 is 5.83. The minimum absolute atomic E-state index is 0.0238. The molecule has 2 heterocycles. The van der Waals surface area contributed by atoms with Crippen molar-refractivity contribution in [1.82, 2.24) is 9.97 Å². The third-order valence-corrected chi connectivity index (χ3v) is 3.61. The highest BCUT2D eigenvalue weighted by molar-refractivity contribution is 6.30. The highest BCUT2D eigenvalue weighted by Crippen LogP contribution is 2.36. The molecular weight excluding hydrogens is 283 g/mol. The predicted molar refractivity (Wildman–Crippen MR) is 64.0 cm³/mol. The van der Waals surface area contributed by atoms with Crippen LogP contribution >= 0.6 is 11.6 Å². The van der Waals surface area contributed by atoms with Crippen molar-refractivity contribution in [2.24, 2.45) is 5.92 Å². The smallest absolute Gasteiger partial charge is 0.391 e. The molecule has 0 unspecified atom stereocenters. The summed E-state index contributed by atoms with van der Waals surface area (Å²) in [4.78, 5) is 9.47. The Kier molecular flexibility index (Phi) is 4.15. The number of halogens is 4. The van der Waals surface area contributed by atoms with Crippen molar-refractivity contribution in [1.29, 1.82) is 0 Å². The molecule has 0 atom stereocenters. The van der Waals surface area contributed by atoms with Crippen molar-refractivity contribution >= 4 is 17.4 Å². The van der Waals surface area contributed by atoms with E-state index in [2.05, 4.69) is 9.97 Å². The molecule has 1 N–H and O–H groups in total. The summed E-state index contributed by atoms with van der Waals surface area (Å²) in [5.74, 6) is -0.846. The van der Waals surface area contributed by atoms with Gasteiger partial charge in [0, 0.05) is 13.1 Å². The molecule has 2 rings (SSSR count). The Bertz CT molecular complexity index is 447. The first-order chi connectivity index (χ1) is 8.93. The lowest BCUT2D eigenvalue weighted by atomic mass is 9.96. The second-order valence-corrected chi connectivity index (χ2v) is 4.79. The third-order valence-electron chi connectivity index (χ3n) is 3.29. The van der Waals surface area contributed by atoms with Crippen LogP contribution < -0.4 is 4.90 Å². The van der Waals surface area contributed by atoms with E-state index >= 15 is 0 Å². The molecule has 1 fully saturated rings. The lowest BCUT2D eigenvalue weighted by Gasteiger charge is -2.34. The van der Waals surface area contributed by atoms with Crippen LogP contribution in [-0.2, 0) is 6.61 Å². The van der Waals surface area contributed by atoms with Gasteiger partial charge in [0.15, 0.2) is 0 Å². The van der Waals surface area contributed by atoms with Crippen molar-refractivity contribution in [2.75, 3.05) is 18.0 Å². The van der Waals surface area contributed by atoms with E-state index in [1.54, 1.807) is 4.90 Å². The molecule has 1 aliphatic rings. The second kappa shape index (κ2) is 5.50. The first-order valence-corrected chi connectivity index (χ1v) is 6.23. The molecule has 1 aromatic heterocycles. The molecule has 0 spiro atoms. The molecule has 1 aromatic rings. The van der Waals surface area contributed by atoms with Crippen LogP contribution in [0.2, 0.25) is 5.15 Å². The van der Waals surface area contributed by atoms with Crippen LogP contribution in [0.4, 0.5) is 19.0 Å². The molecule has 1 aliphatic heterocycles.